The molecule has 0 rings (SSSR count). The smallest absolute Gasteiger partial charge is 0.101 e. The molecule has 0 aliphatic rings. The lowest BCUT2D eigenvalue weighted by atomic mass is 10.4. The lowest BCUT2D eigenvalue weighted by Gasteiger charge is -1.92. The zero-order chi connectivity index (χ0) is 12.8. The van der Waals surface area contributed by atoms with Gasteiger partial charge in [0.2, 0.25) is 0 Å². The van der Waals surface area contributed by atoms with Crippen molar-refractivity contribution >= 4 is 80.3 Å². The molecule has 0 fully saturated rings. The van der Waals surface area contributed by atoms with E-state index in [1.165, 1.54) is 25.7 Å². The van der Waals surface area contributed by atoms with Gasteiger partial charge in [-0.25, -0.2) is 0 Å². The van der Waals surface area contributed by atoms with Crippen LogP contribution in [0, 0.1) is 0 Å². The molecule has 6 heteroatoms. The maximum absolute atomic E-state index is 4.74. The van der Waals surface area contributed by atoms with Crippen LogP contribution in [0.5, 0.6) is 0 Å². The summed E-state index contributed by atoms with van der Waals surface area (Å²) in [5.74, 6) is 2.25. The third-order valence-corrected chi connectivity index (χ3v) is 4.41. The van der Waals surface area contributed by atoms with Crippen molar-refractivity contribution in [2.24, 2.45) is 0 Å². The molecular weight excluding hydrogens is 313 g/mol. The van der Waals surface area contributed by atoms with Gasteiger partial charge in [0, 0.05) is 0 Å². The fraction of sp³-hybridized carbons (Fsp3) is 0.800. The van der Waals surface area contributed by atoms with Crippen LogP contribution in [0.2, 0.25) is 0 Å². The van der Waals surface area contributed by atoms with Crippen molar-refractivity contribution in [3.63, 3.8) is 0 Å². The summed E-state index contributed by atoms with van der Waals surface area (Å²) in [4.78, 5) is 0. The predicted molar refractivity (Wildman–Crippen MR) is 97.9 cm³/mol. The third kappa shape index (κ3) is 24.7. The van der Waals surface area contributed by atoms with Gasteiger partial charge in [-0.2, -0.15) is 0 Å². The standard InChI is InChI=1S/2C5H10S3/c2*1-2-3-4-8-5(6)7/h2*2-4H2,1H3,(H,6,7). The minimum Gasteiger partial charge on any atom is -0.125 e. The minimum absolute atomic E-state index is 0.762. The average molecular weight is 333 g/mol. The SMILES string of the molecule is CCCCSC(=S)S.CCCCSC(=S)S. The molecule has 0 aliphatic carbocycles. The molecule has 0 aliphatic heterocycles. The molecule has 0 atom stereocenters. The summed E-state index contributed by atoms with van der Waals surface area (Å²) < 4.78 is 1.52. The molecule has 0 aromatic heterocycles. The molecule has 0 bridgehead atoms. The van der Waals surface area contributed by atoms with Gasteiger partial charge in [0.05, 0.1) is 0 Å². The number of hydrogen-bond donors (Lipinski definition) is 2. The van der Waals surface area contributed by atoms with E-state index < -0.39 is 0 Å². The van der Waals surface area contributed by atoms with Crippen molar-refractivity contribution in [3.05, 3.63) is 0 Å². The topological polar surface area (TPSA) is 0 Å². The first-order valence-corrected chi connectivity index (χ1v) is 8.94. The molecule has 96 valence electrons. The summed E-state index contributed by atoms with van der Waals surface area (Å²) in [5, 5.41) is 0. The van der Waals surface area contributed by atoms with Gasteiger partial charge in [-0.1, -0.05) is 51.1 Å². The van der Waals surface area contributed by atoms with Gasteiger partial charge in [-0.3, -0.25) is 0 Å². The number of thiocarbonyl (C=S) groups is 2. The molecule has 0 unspecified atom stereocenters. The van der Waals surface area contributed by atoms with Crippen molar-refractivity contribution in [2.75, 3.05) is 11.5 Å². The second kappa shape index (κ2) is 16.6. The van der Waals surface area contributed by atoms with Gasteiger partial charge >= 0.3 is 0 Å². The van der Waals surface area contributed by atoms with Crippen LogP contribution in [0.15, 0.2) is 0 Å². The highest BCUT2D eigenvalue weighted by Gasteiger charge is 1.87. The second-order valence-corrected chi connectivity index (χ2v) is 8.58. The van der Waals surface area contributed by atoms with Crippen molar-refractivity contribution in [2.45, 2.75) is 39.5 Å². The van der Waals surface area contributed by atoms with Gasteiger partial charge in [-0.15, -0.1) is 48.8 Å². The summed E-state index contributed by atoms with van der Waals surface area (Å²) in [6, 6.07) is 0. The Kier molecular flexibility index (Phi) is 20.6. The summed E-state index contributed by atoms with van der Waals surface area (Å²) in [6.07, 6.45) is 4.96. The van der Waals surface area contributed by atoms with Gasteiger partial charge < -0.3 is 0 Å². The van der Waals surface area contributed by atoms with Gasteiger partial charge in [0.25, 0.3) is 0 Å². The third-order valence-electron chi connectivity index (χ3n) is 1.45. The Morgan fingerprint density at radius 3 is 1.38 bits per heavy atom. The van der Waals surface area contributed by atoms with Crippen LogP contribution in [0.3, 0.4) is 0 Å². The molecule has 0 radical (unpaired) electrons. The summed E-state index contributed by atoms with van der Waals surface area (Å²) >= 11 is 20.7. The number of thioether (sulfide) groups is 2. The van der Waals surface area contributed by atoms with Crippen molar-refractivity contribution < 1.29 is 0 Å². The van der Waals surface area contributed by atoms with E-state index >= 15 is 0 Å². The summed E-state index contributed by atoms with van der Waals surface area (Å²) in [5.41, 5.74) is 0. The summed E-state index contributed by atoms with van der Waals surface area (Å²) in [6.45, 7) is 4.34. The molecule has 0 spiro atoms. The van der Waals surface area contributed by atoms with E-state index in [1.54, 1.807) is 23.5 Å². The molecule has 0 nitrogen and oxygen atoms in total. The van der Waals surface area contributed by atoms with Crippen LogP contribution in [-0.2, 0) is 0 Å². The maximum atomic E-state index is 4.74. The van der Waals surface area contributed by atoms with E-state index in [-0.39, 0.29) is 0 Å². The maximum Gasteiger partial charge on any atom is 0.101 e. The Labute approximate surface area is 130 Å². The lowest BCUT2D eigenvalue weighted by molar-refractivity contribution is 0.898. The van der Waals surface area contributed by atoms with E-state index in [0.29, 0.717) is 0 Å². The Morgan fingerprint density at radius 2 is 1.19 bits per heavy atom. The number of unbranched alkanes of at least 4 members (excludes halogenated alkanes) is 2. The van der Waals surface area contributed by atoms with E-state index in [2.05, 4.69) is 39.1 Å². The van der Waals surface area contributed by atoms with Crippen molar-refractivity contribution in [1.82, 2.24) is 0 Å². The first-order valence-electron chi connectivity index (χ1n) is 5.26. The summed E-state index contributed by atoms with van der Waals surface area (Å²) in [7, 11) is 0. The van der Waals surface area contributed by atoms with Crippen LogP contribution in [0.1, 0.15) is 39.5 Å². The lowest BCUT2D eigenvalue weighted by Crippen LogP contribution is -1.78. The highest BCUT2D eigenvalue weighted by molar-refractivity contribution is 8.42. The van der Waals surface area contributed by atoms with E-state index in [1.807, 2.05) is 0 Å². The quantitative estimate of drug-likeness (QED) is 0.376. The van der Waals surface area contributed by atoms with Gasteiger partial charge in [-0.05, 0) is 24.3 Å². The first kappa shape index (κ1) is 19.9. The van der Waals surface area contributed by atoms with Crippen LogP contribution in [-0.4, -0.2) is 18.6 Å². The highest BCUT2D eigenvalue weighted by atomic mass is 32.2. The highest BCUT2D eigenvalue weighted by Crippen LogP contribution is 2.09. The van der Waals surface area contributed by atoms with Crippen LogP contribution in [0.25, 0.3) is 0 Å². The molecule has 0 aromatic rings. The van der Waals surface area contributed by atoms with Crippen molar-refractivity contribution in [3.8, 4) is 0 Å². The van der Waals surface area contributed by atoms with Crippen molar-refractivity contribution in [1.29, 1.82) is 0 Å². The Hall–Kier alpha value is 1.58. The number of rotatable bonds is 6. The largest absolute Gasteiger partial charge is 0.125 e. The van der Waals surface area contributed by atoms with Crippen LogP contribution in [0.4, 0.5) is 0 Å². The molecule has 0 N–H and O–H groups in total. The van der Waals surface area contributed by atoms with Gasteiger partial charge in [0.1, 0.15) is 7.06 Å². The monoisotopic (exact) mass is 332 g/mol. The zero-order valence-corrected chi connectivity index (χ0v) is 14.8. The van der Waals surface area contributed by atoms with E-state index in [4.69, 9.17) is 24.4 Å². The molecule has 0 aromatic carbocycles. The Bertz CT molecular complexity index is 160. The molecule has 0 saturated carbocycles. The second-order valence-electron chi connectivity index (χ2n) is 2.94. The Balaban J connectivity index is 0. The van der Waals surface area contributed by atoms with E-state index in [0.717, 1.165) is 18.6 Å². The molecule has 16 heavy (non-hydrogen) atoms. The fourth-order valence-electron chi connectivity index (χ4n) is 0.608. The molecule has 0 saturated heterocycles. The Morgan fingerprint density at radius 1 is 0.875 bits per heavy atom. The zero-order valence-electron chi connectivity index (χ0n) is 9.77. The molecular formula is C10H20S6. The normalized spacial score (nSPS) is 9.25. The fourth-order valence-corrected chi connectivity index (χ4v) is 2.87. The predicted octanol–water partition coefficient (Wildman–Crippen LogP) is 5.47. The first-order chi connectivity index (χ1) is 7.54. The van der Waals surface area contributed by atoms with Gasteiger partial charge in [0.15, 0.2) is 0 Å². The van der Waals surface area contributed by atoms with E-state index in [9.17, 15) is 0 Å². The average Bonchev–Trinajstić information content (AvgIpc) is 2.18. The van der Waals surface area contributed by atoms with Crippen LogP contribution < -0.4 is 0 Å². The number of hydrogen-bond acceptors (Lipinski definition) is 4. The minimum atomic E-state index is 0.762. The number of thiol groups is 2. The molecule has 0 amide bonds. The van der Waals surface area contributed by atoms with Crippen LogP contribution >= 0.6 is 73.2 Å². The molecule has 0 heterocycles.